The predicted octanol–water partition coefficient (Wildman–Crippen LogP) is 2.98. The van der Waals surface area contributed by atoms with Gasteiger partial charge in [-0.3, -0.25) is 0 Å². The Morgan fingerprint density at radius 1 is 1.46 bits per heavy atom. The number of hydrogen-bond acceptors (Lipinski definition) is 2. The minimum Gasteiger partial charge on any atom is -0.468 e. The highest BCUT2D eigenvalue weighted by Crippen LogP contribution is 2.12. The quantitative estimate of drug-likeness (QED) is 0.755. The molecule has 0 aliphatic heterocycles. The van der Waals surface area contributed by atoms with Crippen LogP contribution in [0.3, 0.4) is 0 Å². The first-order chi connectivity index (χ1) is 6.24. The van der Waals surface area contributed by atoms with Crippen LogP contribution in [-0.2, 0) is 0 Å². The van der Waals surface area contributed by atoms with Crippen LogP contribution in [0.15, 0.2) is 22.8 Å². The van der Waals surface area contributed by atoms with Gasteiger partial charge in [-0.15, -0.1) is 0 Å². The third kappa shape index (κ3) is 3.23. The zero-order valence-electron chi connectivity index (χ0n) is 8.71. The summed E-state index contributed by atoms with van der Waals surface area (Å²) in [5.41, 5.74) is 0. The van der Waals surface area contributed by atoms with E-state index in [-0.39, 0.29) is 0 Å². The summed E-state index contributed by atoms with van der Waals surface area (Å²) >= 11 is 0. The monoisotopic (exact) mass is 181 g/mol. The number of nitrogens with one attached hydrogen (secondary N) is 1. The molecule has 0 fully saturated rings. The second kappa shape index (κ2) is 5.07. The third-order valence-electron chi connectivity index (χ3n) is 2.44. The lowest BCUT2D eigenvalue weighted by Crippen LogP contribution is -2.23. The molecule has 1 heterocycles. The van der Waals surface area contributed by atoms with Crippen LogP contribution in [0.2, 0.25) is 0 Å². The molecule has 0 spiro atoms. The van der Waals surface area contributed by atoms with Crippen molar-refractivity contribution in [3.05, 3.63) is 24.2 Å². The van der Waals surface area contributed by atoms with Crippen LogP contribution in [0.5, 0.6) is 0 Å². The van der Waals surface area contributed by atoms with Crippen molar-refractivity contribution in [3.63, 3.8) is 0 Å². The van der Waals surface area contributed by atoms with Gasteiger partial charge in [0.1, 0.15) is 5.76 Å². The van der Waals surface area contributed by atoms with Gasteiger partial charge in [-0.25, -0.2) is 0 Å². The van der Waals surface area contributed by atoms with Gasteiger partial charge in [-0.2, -0.15) is 0 Å². The molecule has 1 N–H and O–H groups in total. The fourth-order valence-corrected chi connectivity index (χ4v) is 1.16. The zero-order valence-corrected chi connectivity index (χ0v) is 8.71. The Morgan fingerprint density at radius 3 is 2.77 bits per heavy atom. The highest BCUT2D eigenvalue weighted by atomic mass is 16.3. The van der Waals surface area contributed by atoms with Gasteiger partial charge >= 0.3 is 0 Å². The molecule has 1 aromatic rings. The van der Waals surface area contributed by atoms with Crippen LogP contribution < -0.4 is 5.32 Å². The fourth-order valence-electron chi connectivity index (χ4n) is 1.16. The maximum absolute atomic E-state index is 5.30. The molecule has 2 atom stereocenters. The molecule has 2 unspecified atom stereocenters. The lowest BCUT2D eigenvalue weighted by atomic mass is 10.1. The zero-order chi connectivity index (χ0) is 9.68. The van der Waals surface area contributed by atoms with E-state index in [1.807, 2.05) is 12.1 Å². The molecule has 74 valence electrons. The molecule has 0 saturated heterocycles. The average Bonchev–Trinajstić information content (AvgIpc) is 2.66. The Balaban J connectivity index is 2.30. The van der Waals surface area contributed by atoms with Crippen LogP contribution >= 0.6 is 0 Å². The van der Waals surface area contributed by atoms with Crippen molar-refractivity contribution in [2.24, 2.45) is 5.92 Å². The number of hydrogen-bond donors (Lipinski definition) is 1. The van der Waals surface area contributed by atoms with Crippen LogP contribution in [-0.4, -0.2) is 6.54 Å². The normalized spacial score (nSPS) is 15.6. The molecule has 1 aromatic heterocycles. The smallest absolute Gasteiger partial charge is 0.120 e. The molecule has 0 amide bonds. The van der Waals surface area contributed by atoms with E-state index in [0.29, 0.717) is 6.04 Å². The van der Waals surface area contributed by atoms with Crippen molar-refractivity contribution in [1.29, 1.82) is 0 Å². The first kappa shape index (κ1) is 10.3. The molecule has 0 saturated carbocycles. The molecule has 0 aliphatic rings. The summed E-state index contributed by atoms with van der Waals surface area (Å²) in [6.45, 7) is 7.64. The standard InChI is InChI=1S/C11H19NO/c1-4-9(2)8-12-10(3)11-6-5-7-13-11/h5-7,9-10,12H,4,8H2,1-3H3. The molecular formula is C11H19NO. The van der Waals surface area contributed by atoms with Gasteiger partial charge in [-0.05, 0) is 31.5 Å². The summed E-state index contributed by atoms with van der Waals surface area (Å²) in [4.78, 5) is 0. The Morgan fingerprint density at radius 2 is 2.23 bits per heavy atom. The minimum absolute atomic E-state index is 0.323. The van der Waals surface area contributed by atoms with Crippen molar-refractivity contribution in [1.82, 2.24) is 5.32 Å². The third-order valence-corrected chi connectivity index (χ3v) is 2.44. The Bertz CT molecular complexity index is 218. The Hall–Kier alpha value is -0.760. The van der Waals surface area contributed by atoms with Gasteiger partial charge in [0.05, 0.1) is 12.3 Å². The molecule has 0 aliphatic carbocycles. The maximum atomic E-state index is 5.30. The van der Waals surface area contributed by atoms with Crippen molar-refractivity contribution in [2.75, 3.05) is 6.54 Å². The number of furan rings is 1. The van der Waals surface area contributed by atoms with Crippen LogP contribution in [0, 0.1) is 5.92 Å². The lowest BCUT2D eigenvalue weighted by molar-refractivity contribution is 0.400. The van der Waals surface area contributed by atoms with Crippen molar-refractivity contribution in [2.45, 2.75) is 33.2 Å². The van der Waals surface area contributed by atoms with E-state index in [0.717, 1.165) is 18.2 Å². The Labute approximate surface area is 80.3 Å². The van der Waals surface area contributed by atoms with Crippen LogP contribution in [0.1, 0.15) is 39.0 Å². The van der Waals surface area contributed by atoms with E-state index in [1.165, 1.54) is 6.42 Å². The maximum Gasteiger partial charge on any atom is 0.120 e. The van der Waals surface area contributed by atoms with E-state index in [1.54, 1.807) is 6.26 Å². The minimum atomic E-state index is 0.323. The highest BCUT2D eigenvalue weighted by molar-refractivity contribution is 5.02. The van der Waals surface area contributed by atoms with Gasteiger partial charge in [0, 0.05) is 0 Å². The van der Waals surface area contributed by atoms with E-state index in [2.05, 4.69) is 26.1 Å². The molecular weight excluding hydrogens is 162 g/mol. The molecule has 2 nitrogen and oxygen atoms in total. The van der Waals surface area contributed by atoms with E-state index < -0.39 is 0 Å². The summed E-state index contributed by atoms with van der Waals surface area (Å²) in [6, 6.07) is 4.26. The van der Waals surface area contributed by atoms with Crippen LogP contribution in [0.25, 0.3) is 0 Å². The average molecular weight is 181 g/mol. The molecule has 0 bridgehead atoms. The van der Waals surface area contributed by atoms with E-state index in [9.17, 15) is 0 Å². The largest absolute Gasteiger partial charge is 0.468 e. The van der Waals surface area contributed by atoms with Crippen molar-refractivity contribution < 1.29 is 4.42 Å². The molecule has 0 radical (unpaired) electrons. The summed E-state index contributed by atoms with van der Waals surface area (Å²) in [6.07, 6.45) is 2.94. The van der Waals surface area contributed by atoms with E-state index >= 15 is 0 Å². The summed E-state index contributed by atoms with van der Waals surface area (Å²) in [7, 11) is 0. The summed E-state index contributed by atoms with van der Waals surface area (Å²) < 4.78 is 5.30. The van der Waals surface area contributed by atoms with Gasteiger partial charge in [-0.1, -0.05) is 20.3 Å². The molecule has 2 heteroatoms. The van der Waals surface area contributed by atoms with Crippen molar-refractivity contribution in [3.8, 4) is 0 Å². The molecule has 1 rings (SSSR count). The fraction of sp³-hybridized carbons (Fsp3) is 0.636. The topological polar surface area (TPSA) is 25.2 Å². The SMILES string of the molecule is CCC(C)CNC(C)c1ccco1. The molecule has 13 heavy (non-hydrogen) atoms. The summed E-state index contributed by atoms with van der Waals surface area (Å²) in [5.74, 6) is 1.75. The lowest BCUT2D eigenvalue weighted by Gasteiger charge is -2.14. The predicted molar refractivity (Wildman–Crippen MR) is 54.6 cm³/mol. The van der Waals surface area contributed by atoms with Crippen LogP contribution in [0.4, 0.5) is 0 Å². The summed E-state index contributed by atoms with van der Waals surface area (Å²) in [5, 5.41) is 3.44. The first-order valence-electron chi connectivity index (χ1n) is 5.00. The second-order valence-corrected chi connectivity index (χ2v) is 3.66. The highest BCUT2D eigenvalue weighted by Gasteiger charge is 2.08. The van der Waals surface area contributed by atoms with Gasteiger partial charge in [0.25, 0.3) is 0 Å². The molecule has 0 aromatic carbocycles. The van der Waals surface area contributed by atoms with Gasteiger partial charge in [0.2, 0.25) is 0 Å². The van der Waals surface area contributed by atoms with Crippen molar-refractivity contribution >= 4 is 0 Å². The Kier molecular flexibility index (Phi) is 4.03. The van der Waals surface area contributed by atoms with E-state index in [4.69, 9.17) is 4.42 Å². The second-order valence-electron chi connectivity index (χ2n) is 3.66. The van der Waals surface area contributed by atoms with Gasteiger partial charge in [0.15, 0.2) is 0 Å². The van der Waals surface area contributed by atoms with Gasteiger partial charge < -0.3 is 9.73 Å². The first-order valence-corrected chi connectivity index (χ1v) is 5.00. The number of rotatable bonds is 5.